The number of phosphoric ester groups is 1. The highest BCUT2D eigenvalue weighted by atomic mass is 35.5. The van der Waals surface area contributed by atoms with Crippen molar-refractivity contribution in [2.24, 2.45) is 0 Å². The Morgan fingerprint density at radius 2 is 2.07 bits per heavy atom. The Hall–Kier alpha value is 0.720. The van der Waals surface area contributed by atoms with Crippen LogP contribution in [0.15, 0.2) is 10.6 Å². The van der Waals surface area contributed by atoms with Crippen LogP contribution in [0.25, 0.3) is 0 Å². The molecule has 0 bridgehead atoms. The van der Waals surface area contributed by atoms with Gasteiger partial charge in [0.2, 0.25) is 0 Å². The first kappa shape index (κ1) is 15.7. The second-order valence-electron chi connectivity index (χ2n) is 2.87. The molecule has 0 aliphatic carbocycles. The van der Waals surface area contributed by atoms with E-state index in [9.17, 15) is 4.57 Å². The summed E-state index contributed by atoms with van der Waals surface area (Å²) in [6, 6.07) is 0. The molecule has 15 heavy (non-hydrogen) atoms. The summed E-state index contributed by atoms with van der Waals surface area (Å²) in [5.74, 6) is 0.172. The van der Waals surface area contributed by atoms with Crippen LogP contribution >= 0.6 is 42.6 Å². The highest BCUT2D eigenvalue weighted by Gasteiger charge is 2.34. The second kappa shape index (κ2) is 6.45. The van der Waals surface area contributed by atoms with Crippen molar-refractivity contribution in [3.63, 3.8) is 0 Å². The highest BCUT2D eigenvalue weighted by Crippen LogP contribution is 2.45. The summed E-state index contributed by atoms with van der Waals surface area (Å²) < 4.78 is 15.3. The Kier molecular flexibility index (Phi) is 6.76. The fraction of sp³-hybridized carbons (Fsp3) is 0.714. The number of phosphoric acid groups is 1. The lowest BCUT2D eigenvalue weighted by molar-refractivity contribution is 0.0678. The van der Waals surface area contributed by atoms with Crippen LogP contribution in [0.5, 0.6) is 0 Å². The molecule has 1 unspecified atom stereocenters. The van der Waals surface area contributed by atoms with E-state index in [-0.39, 0.29) is 16.8 Å². The van der Waals surface area contributed by atoms with Gasteiger partial charge in [-0.2, -0.15) is 0 Å². The van der Waals surface area contributed by atoms with E-state index in [4.69, 9.17) is 44.6 Å². The minimum Gasteiger partial charge on any atom is -0.303 e. The average molecular weight is 298 g/mol. The van der Waals surface area contributed by atoms with Crippen molar-refractivity contribution < 1.29 is 18.9 Å². The summed E-state index contributed by atoms with van der Waals surface area (Å²) in [5.41, 5.74) is -1.22. The Balaban J connectivity index is 4.98. The van der Waals surface area contributed by atoms with Crippen LogP contribution in [0.2, 0.25) is 0 Å². The van der Waals surface area contributed by atoms with Crippen molar-refractivity contribution in [3.8, 4) is 0 Å². The molecule has 0 radical (unpaired) electrons. The molecule has 2 N–H and O–H groups in total. The molecule has 0 aliphatic heterocycles. The minimum atomic E-state index is -4.61. The van der Waals surface area contributed by atoms with Gasteiger partial charge in [0.1, 0.15) is 10.1 Å². The number of rotatable bonds is 6. The molecule has 0 aromatic heterocycles. The number of hydrogen-bond donors (Lipinski definition) is 2. The zero-order valence-electron chi connectivity index (χ0n) is 7.99. The van der Waals surface area contributed by atoms with Gasteiger partial charge in [-0.05, 0) is 18.9 Å². The smallest absolute Gasteiger partial charge is 0.303 e. The van der Waals surface area contributed by atoms with Crippen LogP contribution in [-0.2, 0) is 9.09 Å². The van der Waals surface area contributed by atoms with Crippen LogP contribution in [0.3, 0.4) is 0 Å². The Morgan fingerprint density at radius 1 is 1.53 bits per heavy atom. The number of hydrogen-bond acceptors (Lipinski definition) is 2. The number of alkyl halides is 1. The van der Waals surface area contributed by atoms with E-state index in [1.54, 1.807) is 6.92 Å². The molecule has 0 heterocycles. The number of halogens is 3. The first-order valence-electron chi connectivity index (χ1n) is 4.11. The molecule has 4 nitrogen and oxygen atoms in total. The molecule has 1 atom stereocenters. The molecule has 0 amide bonds. The maximum Gasteiger partial charge on any atom is 0.470 e. The minimum absolute atomic E-state index is 0.115. The zero-order valence-corrected chi connectivity index (χ0v) is 11.2. The molecular weight excluding hydrogens is 285 g/mol. The lowest BCUT2D eigenvalue weighted by Crippen LogP contribution is -2.29. The van der Waals surface area contributed by atoms with E-state index >= 15 is 0 Å². The van der Waals surface area contributed by atoms with Gasteiger partial charge in [-0.3, -0.25) is 4.52 Å². The Labute approximate surface area is 103 Å². The van der Waals surface area contributed by atoms with Gasteiger partial charge in [-0.1, -0.05) is 30.1 Å². The molecule has 0 aromatic rings. The van der Waals surface area contributed by atoms with Crippen molar-refractivity contribution in [2.45, 2.75) is 25.4 Å². The van der Waals surface area contributed by atoms with Crippen LogP contribution < -0.4 is 0 Å². The monoisotopic (exact) mass is 296 g/mol. The molecule has 0 fully saturated rings. The van der Waals surface area contributed by atoms with Gasteiger partial charge in [-0.15, -0.1) is 11.6 Å². The third-order valence-corrected chi connectivity index (χ3v) is 2.80. The second-order valence-corrected chi connectivity index (χ2v) is 5.42. The van der Waals surface area contributed by atoms with E-state index in [0.717, 1.165) is 0 Å². The maximum absolute atomic E-state index is 10.8. The van der Waals surface area contributed by atoms with Gasteiger partial charge in [0.15, 0.2) is 0 Å². The predicted molar refractivity (Wildman–Crippen MR) is 61.3 cm³/mol. The van der Waals surface area contributed by atoms with Gasteiger partial charge in [-0.25, -0.2) is 4.57 Å². The van der Waals surface area contributed by atoms with Gasteiger partial charge in [0.25, 0.3) is 0 Å². The van der Waals surface area contributed by atoms with Crippen molar-refractivity contribution in [2.75, 3.05) is 5.88 Å². The molecule has 0 saturated carbocycles. The summed E-state index contributed by atoms with van der Waals surface area (Å²) >= 11 is 16.4. The molecule has 0 aromatic carbocycles. The van der Waals surface area contributed by atoms with Crippen molar-refractivity contribution in [3.05, 3.63) is 10.6 Å². The summed E-state index contributed by atoms with van der Waals surface area (Å²) in [6.45, 7) is 1.69. The zero-order chi connectivity index (χ0) is 12.1. The van der Waals surface area contributed by atoms with Crippen molar-refractivity contribution in [1.82, 2.24) is 0 Å². The molecule has 0 saturated heterocycles. The summed E-state index contributed by atoms with van der Waals surface area (Å²) in [5, 5.41) is 0. The lowest BCUT2D eigenvalue weighted by Gasteiger charge is -2.28. The summed E-state index contributed by atoms with van der Waals surface area (Å²) in [4.78, 5) is 17.5. The van der Waals surface area contributed by atoms with Gasteiger partial charge in [0.05, 0.1) is 0 Å². The Morgan fingerprint density at radius 3 is 2.33 bits per heavy atom. The molecular formula is C7H12Cl3O4P. The van der Waals surface area contributed by atoms with E-state index in [1.807, 2.05) is 0 Å². The van der Waals surface area contributed by atoms with E-state index in [2.05, 4.69) is 4.52 Å². The van der Waals surface area contributed by atoms with E-state index in [0.29, 0.717) is 6.42 Å². The van der Waals surface area contributed by atoms with Gasteiger partial charge in [0, 0.05) is 5.88 Å². The van der Waals surface area contributed by atoms with Crippen LogP contribution in [0, 0.1) is 0 Å². The largest absolute Gasteiger partial charge is 0.470 e. The van der Waals surface area contributed by atoms with Crippen molar-refractivity contribution in [1.29, 1.82) is 0 Å². The van der Waals surface area contributed by atoms with Crippen LogP contribution in [0.4, 0.5) is 0 Å². The first-order chi connectivity index (χ1) is 6.74. The fourth-order valence-electron chi connectivity index (χ4n) is 1.08. The SMILES string of the molecule is CCC(C=C(Cl)Cl)(CCCl)OP(=O)(O)O. The summed E-state index contributed by atoms with van der Waals surface area (Å²) in [7, 11) is -4.61. The quantitative estimate of drug-likeness (QED) is 0.583. The topological polar surface area (TPSA) is 66.8 Å². The third kappa shape index (κ3) is 6.80. The fourth-order valence-corrected chi connectivity index (χ4v) is 2.55. The van der Waals surface area contributed by atoms with Crippen molar-refractivity contribution >= 4 is 42.6 Å². The Bertz CT molecular complexity index is 273. The molecule has 8 heteroatoms. The first-order valence-corrected chi connectivity index (χ1v) is 6.93. The third-order valence-electron chi connectivity index (χ3n) is 1.79. The summed E-state index contributed by atoms with van der Waals surface area (Å²) in [6.07, 6.45) is 1.75. The lowest BCUT2D eigenvalue weighted by atomic mass is 9.98. The molecule has 0 spiro atoms. The molecule has 0 aliphatic rings. The van der Waals surface area contributed by atoms with Gasteiger partial charge < -0.3 is 9.79 Å². The average Bonchev–Trinajstić information content (AvgIpc) is 2.00. The van der Waals surface area contributed by atoms with Crippen LogP contribution in [0.1, 0.15) is 19.8 Å². The van der Waals surface area contributed by atoms with E-state index in [1.165, 1.54) is 6.08 Å². The standard InChI is InChI=1S/C7H12Cl3O4P/c1-2-7(3-4-8,5-6(9)10)14-15(11,12)13/h5H,2-4H2,1H3,(H2,11,12,13). The molecule has 90 valence electrons. The predicted octanol–water partition coefficient (Wildman–Crippen LogP) is 3.19. The van der Waals surface area contributed by atoms with Crippen LogP contribution in [-0.4, -0.2) is 21.3 Å². The van der Waals surface area contributed by atoms with Gasteiger partial charge >= 0.3 is 7.82 Å². The normalized spacial score (nSPS) is 15.9. The maximum atomic E-state index is 10.8. The molecule has 0 rings (SSSR count). The van der Waals surface area contributed by atoms with E-state index < -0.39 is 13.4 Å². The highest BCUT2D eigenvalue weighted by molar-refractivity contribution is 7.46.